The summed E-state index contributed by atoms with van der Waals surface area (Å²) in [6.45, 7) is 3.45. The summed E-state index contributed by atoms with van der Waals surface area (Å²) in [4.78, 5) is 16.4. The van der Waals surface area contributed by atoms with Gasteiger partial charge in [0.15, 0.2) is 6.29 Å². The second-order valence-electron chi connectivity index (χ2n) is 4.32. The van der Waals surface area contributed by atoms with Gasteiger partial charge in [0.25, 0.3) is 5.56 Å². The van der Waals surface area contributed by atoms with Gasteiger partial charge in [-0.2, -0.15) is 0 Å². The van der Waals surface area contributed by atoms with Crippen molar-refractivity contribution in [2.75, 3.05) is 13.2 Å². The van der Waals surface area contributed by atoms with Crippen LogP contribution in [-0.2, 0) is 16.0 Å². The Morgan fingerprint density at radius 1 is 1.28 bits per heavy atom. The van der Waals surface area contributed by atoms with E-state index in [9.17, 15) is 4.79 Å². The average molecular weight is 246 g/mol. The van der Waals surface area contributed by atoms with Crippen LogP contribution < -0.4 is 5.56 Å². The van der Waals surface area contributed by atoms with E-state index in [-0.39, 0.29) is 11.8 Å². The lowest BCUT2D eigenvalue weighted by atomic mass is 10.2. The Morgan fingerprint density at radius 2 is 2.00 bits per heavy atom. The van der Waals surface area contributed by atoms with Crippen LogP contribution in [0.2, 0.25) is 0 Å². The van der Waals surface area contributed by atoms with Crippen LogP contribution in [0.3, 0.4) is 0 Å². The van der Waals surface area contributed by atoms with Gasteiger partial charge in [-0.3, -0.25) is 9.36 Å². The molecule has 0 saturated carbocycles. The molecule has 1 fully saturated rings. The molecule has 0 bridgehead atoms. The van der Waals surface area contributed by atoms with Gasteiger partial charge in [0, 0.05) is 17.1 Å². The zero-order chi connectivity index (χ0) is 12.5. The number of aromatic nitrogens is 2. The Morgan fingerprint density at radius 3 is 2.78 bits per heavy atom. The summed E-state index contributed by atoms with van der Waals surface area (Å²) in [7, 11) is 0. The normalized spacial score (nSPS) is 16.5. The lowest BCUT2D eigenvalue weighted by Gasteiger charge is -2.13. The highest BCUT2D eigenvalue weighted by molar-refractivity contribution is 5.74. The van der Waals surface area contributed by atoms with E-state index < -0.39 is 0 Å². The highest BCUT2D eigenvalue weighted by Gasteiger charge is 2.18. The maximum absolute atomic E-state index is 11.9. The zero-order valence-corrected chi connectivity index (χ0v) is 10.1. The van der Waals surface area contributed by atoms with Crippen molar-refractivity contribution in [3.05, 3.63) is 40.3 Å². The van der Waals surface area contributed by atoms with Crippen molar-refractivity contribution in [2.24, 2.45) is 0 Å². The number of pyridine rings is 2. The van der Waals surface area contributed by atoms with E-state index in [4.69, 9.17) is 9.47 Å². The Hall–Kier alpha value is -1.72. The molecule has 0 aromatic carbocycles. The first-order chi connectivity index (χ1) is 8.74. The van der Waals surface area contributed by atoms with Gasteiger partial charge in [0.1, 0.15) is 5.65 Å². The fourth-order valence-electron chi connectivity index (χ4n) is 2.09. The van der Waals surface area contributed by atoms with Crippen molar-refractivity contribution >= 4 is 11.0 Å². The molecule has 0 unspecified atom stereocenters. The van der Waals surface area contributed by atoms with Crippen LogP contribution in [0.5, 0.6) is 0 Å². The van der Waals surface area contributed by atoms with E-state index in [1.807, 2.05) is 19.1 Å². The van der Waals surface area contributed by atoms with Crippen LogP contribution in [0.25, 0.3) is 11.0 Å². The van der Waals surface area contributed by atoms with Gasteiger partial charge in [-0.25, -0.2) is 4.98 Å². The molecule has 0 N–H and O–H groups in total. The lowest BCUT2D eigenvalue weighted by Crippen LogP contribution is -2.27. The van der Waals surface area contributed by atoms with Gasteiger partial charge in [0.05, 0.1) is 19.8 Å². The van der Waals surface area contributed by atoms with Gasteiger partial charge < -0.3 is 9.47 Å². The summed E-state index contributed by atoms with van der Waals surface area (Å²) < 4.78 is 12.4. The molecule has 1 aliphatic heterocycles. The predicted octanol–water partition coefficient (Wildman–Crippen LogP) is 1.08. The third-order valence-electron chi connectivity index (χ3n) is 2.99. The van der Waals surface area contributed by atoms with Crippen molar-refractivity contribution < 1.29 is 9.47 Å². The smallest absolute Gasteiger partial charge is 0.252 e. The van der Waals surface area contributed by atoms with Gasteiger partial charge >= 0.3 is 0 Å². The number of nitrogens with zero attached hydrogens (tertiary/aromatic N) is 2. The average Bonchev–Trinajstić information content (AvgIpc) is 2.86. The number of fused-ring (bicyclic) bond motifs is 1. The Labute approximate surface area is 104 Å². The Bertz CT molecular complexity index is 630. The quantitative estimate of drug-likeness (QED) is 0.795. The van der Waals surface area contributed by atoms with Gasteiger partial charge in [-0.15, -0.1) is 0 Å². The van der Waals surface area contributed by atoms with Gasteiger partial charge in [0.2, 0.25) is 0 Å². The molecule has 5 nitrogen and oxygen atoms in total. The van der Waals surface area contributed by atoms with Crippen LogP contribution in [0, 0.1) is 6.92 Å². The van der Waals surface area contributed by atoms with Crippen LogP contribution in [-0.4, -0.2) is 29.1 Å². The first-order valence-electron chi connectivity index (χ1n) is 5.94. The molecular formula is C13H14N2O3. The molecule has 1 aliphatic rings. The van der Waals surface area contributed by atoms with Crippen molar-refractivity contribution in [1.29, 1.82) is 0 Å². The highest BCUT2D eigenvalue weighted by Crippen LogP contribution is 2.13. The molecule has 0 atom stereocenters. The van der Waals surface area contributed by atoms with Gasteiger partial charge in [-0.1, -0.05) is 0 Å². The zero-order valence-electron chi connectivity index (χ0n) is 10.1. The number of aryl methyl sites for hydroxylation is 1. The summed E-state index contributed by atoms with van der Waals surface area (Å²) in [5, 5.41) is 0.943. The summed E-state index contributed by atoms with van der Waals surface area (Å²) in [5.74, 6) is 0. The molecule has 1 saturated heterocycles. The monoisotopic (exact) mass is 246 g/mol. The van der Waals surface area contributed by atoms with E-state index in [1.165, 1.54) is 0 Å². The first kappa shape index (κ1) is 11.4. The maximum atomic E-state index is 11.9. The Balaban J connectivity index is 2.10. The summed E-state index contributed by atoms with van der Waals surface area (Å²) >= 11 is 0. The van der Waals surface area contributed by atoms with E-state index >= 15 is 0 Å². The minimum absolute atomic E-state index is 0.0836. The van der Waals surface area contributed by atoms with E-state index in [2.05, 4.69) is 4.98 Å². The van der Waals surface area contributed by atoms with E-state index in [1.54, 1.807) is 16.7 Å². The number of ether oxygens (including phenoxy) is 2. The molecule has 5 heteroatoms. The lowest BCUT2D eigenvalue weighted by molar-refractivity contribution is -0.0523. The number of hydrogen-bond acceptors (Lipinski definition) is 4. The summed E-state index contributed by atoms with van der Waals surface area (Å²) in [5.41, 5.74) is 1.48. The second-order valence-corrected chi connectivity index (χ2v) is 4.32. The molecule has 0 radical (unpaired) electrons. The summed E-state index contributed by atoms with van der Waals surface area (Å²) in [6.07, 6.45) is -0.351. The molecule has 18 heavy (non-hydrogen) atoms. The molecule has 3 heterocycles. The van der Waals surface area contributed by atoms with Gasteiger partial charge in [-0.05, 0) is 25.1 Å². The van der Waals surface area contributed by atoms with Crippen molar-refractivity contribution in [3.63, 3.8) is 0 Å². The van der Waals surface area contributed by atoms with E-state index in [0.29, 0.717) is 25.4 Å². The summed E-state index contributed by atoms with van der Waals surface area (Å²) in [6, 6.07) is 7.23. The second kappa shape index (κ2) is 4.51. The number of hydrogen-bond donors (Lipinski definition) is 0. The van der Waals surface area contributed by atoms with Crippen molar-refractivity contribution in [2.45, 2.75) is 19.8 Å². The minimum Gasteiger partial charge on any atom is -0.348 e. The molecule has 0 aliphatic carbocycles. The van der Waals surface area contributed by atoms with Crippen molar-refractivity contribution in [3.8, 4) is 0 Å². The topological polar surface area (TPSA) is 53.4 Å². The van der Waals surface area contributed by atoms with Crippen LogP contribution in [0.1, 0.15) is 5.69 Å². The Kier molecular flexibility index (Phi) is 2.85. The molecular weight excluding hydrogens is 232 g/mol. The van der Waals surface area contributed by atoms with E-state index in [0.717, 1.165) is 11.1 Å². The molecule has 0 amide bonds. The van der Waals surface area contributed by atoms with Crippen LogP contribution in [0.4, 0.5) is 0 Å². The minimum atomic E-state index is -0.351. The largest absolute Gasteiger partial charge is 0.348 e. The van der Waals surface area contributed by atoms with Crippen LogP contribution in [0.15, 0.2) is 29.1 Å². The predicted molar refractivity (Wildman–Crippen MR) is 66.4 cm³/mol. The fourth-order valence-corrected chi connectivity index (χ4v) is 2.09. The molecule has 94 valence electrons. The first-order valence-corrected chi connectivity index (χ1v) is 5.94. The highest BCUT2D eigenvalue weighted by atomic mass is 16.7. The fraction of sp³-hybridized carbons (Fsp3) is 0.385. The molecule has 2 aromatic rings. The standard InChI is InChI=1S/C13H14N2O3/c1-9-2-3-10-4-5-11(16)15(13(10)14-9)8-12-17-6-7-18-12/h2-5,12H,6-8H2,1H3. The maximum Gasteiger partial charge on any atom is 0.252 e. The third kappa shape index (κ3) is 2.02. The van der Waals surface area contributed by atoms with Crippen molar-refractivity contribution in [1.82, 2.24) is 9.55 Å². The number of rotatable bonds is 2. The SMILES string of the molecule is Cc1ccc2ccc(=O)n(CC3OCCO3)c2n1. The third-order valence-corrected chi connectivity index (χ3v) is 2.99. The molecule has 3 rings (SSSR count). The van der Waals surface area contributed by atoms with Crippen LogP contribution >= 0.6 is 0 Å². The molecule has 2 aromatic heterocycles. The molecule has 0 spiro atoms.